The summed E-state index contributed by atoms with van der Waals surface area (Å²) < 4.78 is 9.02. The fourth-order valence-corrected chi connectivity index (χ4v) is 8.54. The average Bonchev–Trinajstić information content (AvgIpc) is 3.80. The third-order valence-electron chi connectivity index (χ3n) is 11.0. The summed E-state index contributed by atoms with van der Waals surface area (Å²) in [4.78, 5) is 2.41. The molecule has 0 atom stereocenters. The summed E-state index contributed by atoms with van der Waals surface area (Å²) in [6, 6.07) is 74.0. The van der Waals surface area contributed by atoms with Crippen molar-refractivity contribution in [3.8, 4) is 27.9 Å². The summed E-state index contributed by atoms with van der Waals surface area (Å²) in [5, 5.41) is 7.18. The third kappa shape index (κ3) is 5.05. The van der Waals surface area contributed by atoms with Crippen LogP contribution in [0.2, 0.25) is 0 Å². The van der Waals surface area contributed by atoms with Gasteiger partial charge in [-0.05, 0) is 76.5 Å². The maximum Gasteiger partial charge on any atom is 0.143 e. The lowest BCUT2D eigenvalue weighted by Crippen LogP contribution is -2.12. The molecule has 3 nitrogen and oxygen atoms in total. The van der Waals surface area contributed by atoms with Gasteiger partial charge in [0.1, 0.15) is 11.2 Å². The molecule has 11 rings (SSSR count). The maximum atomic E-state index is 6.63. The van der Waals surface area contributed by atoms with Gasteiger partial charge < -0.3 is 13.9 Å². The van der Waals surface area contributed by atoms with E-state index in [4.69, 9.17) is 4.42 Å². The molecule has 0 saturated heterocycles. The SMILES string of the molecule is c1cc(-c2cccc3ccccc23)cc(N(c2cccc(-n3c4ccccc4c4ccccc43)c2)c2ccccc2-c2cccc3c2oc2ccccc23)c1. The molecule has 0 aliphatic heterocycles. The van der Waals surface area contributed by atoms with Crippen LogP contribution in [0.5, 0.6) is 0 Å². The fourth-order valence-electron chi connectivity index (χ4n) is 8.54. The molecular formula is C52H34N2O. The zero-order valence-corrected chi connectivity index (χ0v) is 29.9. The van der Waals surface area contributed by atoms with E-state index in [2.05, 4.69) is 210 Å². The Labute approximate surface area is 318 Å². The number of anilines is 3. The molecule has 2 heterocycles. The van der Waals surface area contributed by atoms with Crippen LogP contribution >= 0.6 is 0 Å². The van der Waals surface area contributed by atoms with Crippen molar-refractivity contribution in [2.45, 2.75) is 0 Å². The highest BCUT2D eigenvalue weighted by Gasteiger charge is 2.22. The molecule has 9 aromatic carbocycles. The van der Waals surface area contributed by atoms with Gasteiger partial charge in [-0.15, -0.1) is 0 Å². The van der Waals surface area contributed by atoms with E-state index in [9.17, 15) is 0 Å². The van der Waals surface area contributed by atoms with Crippen molar-refractivity contribution in [2.75, 3.05) is 4.90 Å². The van der Waals surface area contributed by atoms with E-state index < -0.39 is 0 Å². The topological polar surface area (TPSA) is 21.3 Å². The van der Waals surface area contributed by atoms with E-state index in [0.717, 1.165) is 61.4 Å². The van der Waals surface area contributed by atoms with E-state index in [0.29, 0.717) is 0 Å². The summed E-state index contributed by atoms with van der Waals surface area (Å²) in [6.45, 7) is 0. The molecule has 2 aromatic heterocycles. The van der Waals surface area contributed by atoms with Crippen LogP contribution in [0.4, 0.5) is 17.1 Å². The number of fused-ring (bicyclic) bond motifs is 7. The molecule has 55 heavy (non-hydrogen) atoms. The molecule has 3 heteroatoms. The molecule has 0 bridgehead atoms. The van der Waals surface area contributed by atoms with Gasteiger partial charge in [-0.25, -0.2) is 0 Å². The van der Waals surface area contributed by atoms with E-state index in [-0.39, 0.29) is 0 Å². The number of furan rings is 1. The first-order chi connectivity index (χ1) is 27.3. The summed E-state index contributed by atoms with van der Waals surface area (Å²) in [7, 11) is 0. The van der Waals surface area contributed by atoms with Crippen LogP contribution in [0.1, 0.15) is 0 Å². The van der Waals surface area contributed by atoms with Crippen LogP contribution in [-0.4, -0.2) is 4.57 Å². The van der Waals surface area contributed by atoms with Crippen molar-refractivity contribution >= 4 is 71.6 Å². The molecule has 0 saturated carbocycles. The molecule has 0 radical (unpaired) electrons. The van der Waals surface area contributed by atoms with Gasteiger partial charge in [0.25, 0.3) is 0 Å². The number of rotatable bonds is 6. The minimum Gasteiger partial charge on any atom is -0.455 e. The monoisotopic (exact) mass is 702 g/mol. The standard InChI is InChI=1S/C52H34N2O/c1-2-21-40-35(15-1)16-12-26-41(40)36-17-11-18-37(33-36)53(38-19-13-20-39(34-38)54-49-30-8-3-22-42(49)43-23-4-9-31-50(43)54)48-29-7-5-24-44(48)46-27-14-28-47-45-25-6-10-32-51(45)55-52(46)47/h1-34H. The highest BCUT2D eigenvalue weighted by Crippen LogP contribution is 2.46. The lowest BCUT2D eigenvalue weighted by atomic mass is 9.97. The zero-order valence-electron chi connectivity index (χ0n) is 29.9. The summed E-state index contributed by atoms with van der Waals surface area (Å²) >= 11 is 0. The molecular weight excluding hydrogens is 669 g/mol. The minimum absolute atomic E-state index is 0.889. The average molecular weight is 703 g/mol. The van der Waals surface area contributed by atoms with Crippen LogP contribution in [0.15, 0.2) is 211 Å². The van der Waals surface area contributed by atoms with Crippen molar-refractivity contribution in [3.63, 3.8) is 0 Å². The second-order valence-electron chi connectivity index (χ2n) is 14.1. The Morgan fingerprint density at radius 2 is 0.945 bits per heavy atom. The van der Waals surface area contributed by atoms with E-state index in [1.807, 2.05) is 6.07 Å². The Kier molecular flexibility index (Phi) is 7.17. The van der Waals surface area contributed by atoms with Gasteiger partial charge in [-0.2, -0.15) is 0 Å². The summed E-state index contributed by atoms with van der Waals surface area (Å²) in [5.41, 5.74) is 12.9. The first kappa shape index (κ1) is 31.2. The maximum absolute atomic E-state index is 6.63. The van der Waals surface area contributed by atoms with Crippen LogP contribution < -0.4 is 4.90 Å². The first-order valence-electron chi connectivity index (χ1n) is 18.8. The third-order valence-corrected chi connectivity index (χ3v) is 11.0. The highest BCUT2D eigenvalue weighted by molar-refractivity contribution is 6.11. The quantitative estimate of drug-likeness (QED) is 0.172. The summed E-state index contributed by atoms with van der Waals surface area (Å²) in [6.07, 6.45) is 0. The number of benzene rings is 9. The van der Waals surface area contributed by atoms with Gasteiger partial charge in [0.2, 0.25) is 0 Å². The van der Waals surface area contributed by atoms with E-state index >= 15 is 0 Å². The van der Waals surface area contributed by atoms with Crippen LogP contribution in [0.25, 0.3) is 82.5 Å². The van der Waals surface area contributed by atoms with Crippen molar-refractivity contribution < 1.29 is 4.42 Å². The Morgan fingerprint density at radius 1 is 0.382 bits per heavy atom. The zero-order chi connectivity index (χ0) is 36.3. The summed E-state index contributed by atoms with van der Waals surface area (Å²) in [5.74, 6) is 0. The number of para-hydroxylation sites is 5. The van der Waals surface area contributed by atoms with Gasteiger partial charge >= 0.3 is 0 Å². The number of hydrogen-bond acceptors (Lipinski definition) is 2. The van der Waals surface area contributed by atoms with Gasteiger partial charge in [-0.1, -0.05) is 152 Å². The van der Waals surface area contributed by atoms with Crippen molar-refractivity contribution in [3.05, 3.63) is 206 Å². The fraction of sp³-hybridized carbons (Fsp3) is 0. The molecule has 0 unspecified atom stereocenters. The van der Waals surface area contributed by atoms with Gasteiger partial charge in [0.05, 0.1) is 16.7 Å². The Hall–Kier alpha value is -7.36. The van der Waals surface area contributed by atoms with Crippen LogP contribution in [-0.2, 0) is 0 Å². The van der Waals surface area contributed by atoms with Gasteiger partial charge in [-0.3, -0.25) is 0 Å². The number of aromatic nitrogens is 1. The molecule has 0 aliphatic carbocycles. The van der Waals surface area contributed by atoms with E-state index in [1.165, 1.54) is 38.1 Å². The molecule has 0 aliphatic rings. The Bertz CT molecular complexity index is 3180. The van der Waals surface area contributed by atoms with Crippen molar-refractivity contribution in [2.24, 2.45) is 0 Å². The predicted octanol–water partition coefficient (Wildman–Crippen LogP) is 14.6. The Balaban J connectivity index is 1.16. The van der Waals surface area contributed by atoms with Gasteiger partial charge in [0, 0.05) is 49.7 Å². The van der Waals surface area contributed by atoms with Gasteiger partial charge in [0.15, 0.2) is 0 Å². The number of hydrogen-bond donors (Lipinski definition) is 0. The molecule has 0 fully saturated rings. The first-order valence-corrected chi connectivity index (χ1v) is 18.8. The lowest BCUT2D eigenvalue weighted by Gasteiger charge is -2.29. The number of nitrogens with zero attached hydrogens (tertiary/aromatic N) is 2. The second-order valence-corrected chi connectivity index (χ2v) is 14.1. The second kappa shape index (κ2) is 12.6. The molecule has 0 spiro atoms. The van der Waals surface area contributed by atoms with E-state index in [1.54, 1.807) is 0 Å². The molecule has 258 valence electrons. The minimum atomic E-state index is 0.889. The highest BCUT2D eigenvalue weighted by atomic mass is 16.3. The molecule has 0 amide bonds. The smallest absolute Gasteiger partial charge is 0.143 e. The molecule has 0 N–H and O–H groups in total. The van der Waals surface area contributed by atoms with Crippen LogP contribution in [0, 0.1) is 0 Å². The molecule has 11 aromatic rings. The lowest BCUT2D eigenvalue weighted by molar-refractivity contribution is 0.670. The van der Waals surface area contributed by atoms with Crippen molar-refractivity contribution in [1.82, 2.24) is 4.57 Å². The largest absolute Gasteiger partial charge is 0.455 e. The normalized spacial score (nSPS) is 11.6. The predicted molar refractivity (Wildman–Crippen MR) is 231 cm³/mol. The Morgan fingerprint density at radius 3 is 1.78 bits per heavy atom. The van der Waals surface area contributed by atoms with Crippen LogP contribution in [0.3, 0.4) is 0 Å². The van der Waals surface area contributed by atoms with Crippen molar-refractivity contribution in [1.29, 1.82) is 0 Å².